The molecule has 0 aromatic carbocycles. The summed E-state index contributed by atoms with van der Waals surface area (Å²) in [7, 11) is -5.99. The molecule has 3 atom stereocenters. The first-order chi connectivity index (χ1) is 13.8. The quantitative estimate of drug-likeness (QED) is 0.282. The monoisotopic (exact) mass is 502 g/mol. The van der Waals surface area contributed by atoms with Crippen LogP contribution in [0.25, 0.3) is 0 Å². The third-order valence-corrected chi connectivity index (χ3v) is 21.3. The average molecular weight is 503 g/mol. The van der Waals surface area contributed by atoms with E-state index < -0.39 is 31.1 Å². The zero-order valence-corrected chi connectivity index (χ0v) is 27.1. The predicted molar refractivity (Wildman–Crippen MR) is 147 cm³/mol. The molecule has 0 spiro atoms. The Labute approximate surface area is 203 Å². The van der Waals surface area contributed by atoms with Crippen LogP contribution in [-0.2, 0) is 13.3 Å². The molecule has 0 saturated heterocycles. The van der Waals surface area contributed by atoms with Crippen LogP contribution in [0.4, 0.5) is 0 Å². The molecule has 4 nitrogen and oxygen atoms in total. The van der Waals surface area contributed by atoms with Gasteiger partial charge in [-0.2, -0.15) is 0 Å². The molecule has 1 N–H and O–H groups in total. The SMILES string of the molecule is C[C@H](O[Si](C)(C)C(C)(C)C)[C@H](C#CC(O)CO[Si](C)(C)C(C)(C)C)O[Si](C)(C)C(C)(C)C. The second kappa shape index (κ2) is 10.8. The van der Waals surface area contributed by atoms with Crippen LogP contribution in [0.3, 0.4) is 0 Å². The second-order valence-electron chi connectivity index (χ2n) is 13.8. The predicted octanol–water partition coefficient (Wildman–Crippen LogP) is 7.17. The van der Waals surface area contributed by atoms with Gasteiger partial charge < -0.3 is 18.4 Å². The molecule has 0 aliphatic carbocycles. The molecule has 0 aliphatic rings. The van der Waals surface area contributed by atoms with Crippen LogP contribution >= 0.6 is 0 Å². The van der Waals surface area contributed by atoms with Crippen molar-refractivity contribution in [1.82, 2.24) is 0 Å². The highest BCUT2D eigenvalue weighted by atomic mass is 28.4. The minimum absolute atomic E-state index is 0.0632. The van der Waals surface area contributed by atoms with Crippen LogP contribution in [0.5, 0.6) is 0 Å². The zero-order chi connectivity index (χ0) is 26.0. The van der Waals surface area contributed by atoms with Gasteiger partial charge in [0.05, 0.1) is 12.7 Å². The van der Waals surface area contributed by atoms with Crippen molar-refractivity contribution in [3.63, 3.8) is 0 Å². The summed E-state index contributed by atoms with van der Waals surface area (Å²) in [5, 5.41) is 10.8. The van der Waals surface area contributed by atoms with E-state index in [1.165, 1.54) is 0 Å². The fourth-order valence-electron chi connectivity index (χ4n) is 2.16. The van der Waals surface area contributed by atoms with Gasteiger partial charge in [0.15, 0.2) is 25.0 Å². The summed E-state index contributed by atoms with van der Waals surface area (Å²) >= 11 is 0. The Morgan fingerprint density at radius 2 is 1.03 bits per heavy atom. The van der Waals surface area contributed by atoms with E-state index in [-0.39, 0.29) is 33.9 Å². The minimum Gasteiger partial charge on any atom is -0.413 e. The molecule has 0 bridgehead atoms. The molecule has 0 aliphatic heterocycles. The van der Waals surface area contributed by atoms with Crippen molar-refractivity contribution in [2.24, 2.45) is 0 Å². The second-order valence-corrected chi connectivity index (χ2v) is 28.1. The normalized spacial score (nSPS) is 17.4. The van der Waals surface area contributed by atoms with E-state index in [1.807, 2.05) is 0 Å². The van der Waals surface area contributed by atoms with Crippen LogP contribution in [0.2, 0.25) is 54.4 Å². The Morgan fingerprint density at radius 1 is 0.656 bits per heavy atom. The molecule has 0 aromatic rings. The summed E-state index contributed by atoms with van der Waals surface area (Å²) in [6.45, 7) is 35.6. The first-order valence-corrected chi connectivity index (χ1v) is 20.8. The van der Waals surface area contributed by atoms with Crippen molar-refractivity contribution in [2.75, 3.05) is 6.61 Å². The Bertz CT molecular complexity index is 656. The highest BCUT2D eigenvalue weighted by Crippen LogP contribution is 2.40. The van der Waals surface area contributed by atoms with Crippen molar-refractivity contribution in [3.8, 4) is 11.8 Å². The minimum atomic E-state index is -2.07. The Morgan fingerprint density at radius 3 is 1.41 bits per heavy atom. The molecule has 0 amide bonds. The molecule has 32 heavy (non-hydrogen) atoms. The van der Waals surface area contributed by atoms with Gasteiger partial charge in [-0.15, -0.1) is 0 Å². The van der Waals surface area contributed by atoms with E-state index in [9.17, 15) is 5.11 Å². The summed E-state index contributed by atoms with van der Waals surface area (Å²) < 4.78 is 19.5. The Kier molecular flexibility index (Phi) is 10.8. The number of hydrogen-bond acceptors (Lipinski definition) is 4. The van der Waals surface area contributed by atoms with Crippen LogP contribution in [-0.4, -0.2) is 55.0 Å². The fourth-order valence-corrected chi connectivity index (χ4v) is 5.82. The van der Waals surface area contributed by atoms with Crippen molar-refractivity contribution in [2.45, 2.75) is 142 Å². The topological polar surface area (TPSA) is 47.9 Å². The lowest BCUT2D eigenvalue weighted by molar-refractivity contribution is 0.0806. The largest absolute Gasteiger partial charge is 0.413 e. The maximum absolute atomic E-state index is 10.6. The molecule has 190 valence electrons. The highest BCUT2D eigenvalue weighted by molar-refractivity contribution is 6.75. The van der Waals surface area contributed by atoms with Crippen molar-refractivity contribution in [3.05, 3.63) is 0 Å². The van der Waals surface area contributed by atoms with Gasteiger partial charge in [-0.1, -0.05) is 74.2 Å². The van der Waals surface area contributed by atoms with Gasteiger partial charge in [-0.05, 0) is 61.3 Å². The number of hydrogen-bond donors (Lipinski definition) is 1. The first kappa shape index (κ1) is 32.1. The number of aliphatic hydroxyl groups is 1. The maximum atomic E-state index is 10.6. The van der Waals surface area contributed by atoms with Crippen molar-refractivity contribution >= 4 is 25.0 Å². The fraction of sp³-hybridized carbons (Fsp3) is 0.920. The van der Waals surface area contributed by atoms with Crippen LogP contribution < -0.4 is 0 Å². The lowest BCUT2D eigenvalue weighted by atomic mass is 10.2. The molecular weight excluding hydrogens is 449 g/mol. The summed E-state index contributed by atoms with van der Waals surface area (Å²) in [5.74, 6) is 6.26. The maximum Gasteiger partial charge on any atom is 0.193 e. The van der Waals surface area contributed by atoms with Crippen LogP contribution in [0, 0.1) is 11.8 Å². The number of rotatable bonds is 8. The van der Waals surface area contributed by atoms with E-state index in [1.54, 1.807) is 0 Å². The van der Waals surface area contributed by atoms with Crippen LogP contribution in [0.15, 0.2) is 0 Å². The highest BCUT2D eigenvalue weighted by Gasteiger charge is 2.43. The third-order valence-electron chi connectivity index (χ3n) is 7.74. The summed E-state index contributed by atoms with van der Waals surface area (Å²) in [5.41, 5.74) is 0. The van der Waals surface area contributed by atoms with E-state index in [4.69, 9.17) is 13.3 Å². The smallest absolute Gasteiger partial charge is 0.193 e. The van der Waals surface area contributed by atoms with E-state index >= 15 is 0 Å². The van der Waals surface area contributed by atoms with Crippen molar-refractivity contribution in [1.29, 1.82) is 0 Å². The Hall–Kier alpha value is 0.0506. The molecule has 0 radical (unpaired) electrons. The third kappa shape index (κ3) is 9.36. The van der Waals surface area contributed by atoms with Gasteiger partial charge in [0.2, 0.25) is 0 Å². The lowest BCUT2D eigenvalue weighted by Crippen LogP contribution is -2.50. The summed E-state index contributed by atoms with van der Waals surface area (Å²) in [6.07, 6.45) is -1.40. The molecular formula is C25H54O4Si3. The Balaban J connectivity index is 5.70. The van der Waals surface area contributed by atoms with Crippen LogP contribution in [0.1, 0.15) is 69.2 Å². The molecule has 0 fully saturated rings. The standard InChI is InChI=1S/C25H54O4Si3/c1-20(28-31(13,14)24(5,6)7)22(29-32(15,16)25(8,9)10)18-17-21(26)19-27-30(11,12)23(2,3)4/h20-22,26H,19H2,1-16H3/t20-,21?,22-/m0/s1. The molecule has 0 heterocycles. The van der Waals surface area contributed by atoms with Gasteiger partial charge in [0.1, 0.15) is 12.2 Å². The molecule has 0 rings (SSSR count). The van der Waals surface area contributed by atoms with Gasteiger partial charge in [0.25, 0.3) is 0 Å². The first-order valence-electron chi connectivity index (χ1n) is 12.0. The molecule has 0 saturated carbocycles. The van der Waals surface area contributed by atoms with Gasteiger partial charge >= 0.3 is 0 Å². The summed E-state index contributed by atoms with van der Waals surface area (Å²) in [4.78, 5) is 0. The van der Waals surface area contributed by atoms with E-state index in [2.05, 4.69) is 120 Å². The zero-order valence-electron chi connectivity index (χ0n) is 24.1. The average Bonchev–Trinajstić information content (AvgIpc) is 2.53. The lowest BCUT2D eigenvalue weighted by Gasteiger charge is -2.43. The van der Waals surface area contributed by atoms with E-state index in [0.29, 0.717) is 0 Å². The molecule has 1 unspecified atom stereocenters. The van der Waals surface area contributed by atoms with Gasteiger partial charge in [-0.3, -0.25) is 0 Å². The van der Waals surface area contributed by atoms with Crippen molar-refractivity contribution < 1.29 is 18.4 Å². The van der Waals surface area contributed by atoms with Gasteiger partial charge in [0, 0.05) is 0 Å². The molecule has 7 heteroatoms. The van der Waals surface area contributed by atoms with E-state index in [0.717, 1.165) is 0 Å². The summed E-state index contributed by atoms with van der Waals surface area (Å²) in [6, 6.07) is 0. The molecule has 0 aromatic heterocycles. The van der Waals surface area contributed by atoms with Gasteiger partial charge in [-0.25, -0.2) is 0 Å². The number of aliphatic hydroxyl groups excluding tert-OH is 1.